The summed E-state index contributed by atoms with van der Waals surface area (Å²) in [6.45, 7) is 36.1. The van der Waals surface area contributed by atoms with Crippen LogP contribution >= 0.6 is 0 Å². The fourth-order valence-electron chi connectivity index (χ4n) is 12.3. The summed E-state index contributed by atoms with van der Waals surface area (Å²) in [6, 6.07) is 54.1. The number of phenolic OH excluding ortho intramolecular Hbond substituents is 11. The SMILES string of the molecule is CC(C)(C)COc1ccc(C(=O)c2ccc(OCC(C)(C)C)cc2O)c(O)c1.CC(C)Oc1ccc(C(=O)c2ccc(OC(C)C)cc2O)c(O)c1.CCCCOc1ccc(C(=O)c2ccc(OCCCC)cc2O)c(O)c1.CCOc1ccc(C(=O)c2ccc(OCC)cc2O)c(O)c1.Cc1ccc(C(=O)c2ccc(C)cc2O)c(O)c1.Cc1ccc(C(=O)c2cccnc2)c(O)c1. The topological polar surface area (TPSA) is 412 Å². The molecule has 0 spiro atoms. The third-order valence-electron chi connectivity index (χ3n) is 19.1. The Bertz CT molecular complexity index is 5700. The van der Waals surface area contributed by atoms with E-state index in [2.05, 4.69) is 18.8 Å². The fraction of sp³-hybridized carbons (Fsp3) is 0.287. The quantitative estimate of drug-likeness (QED) is 0.0138. The molecule has 12 aromatic rings. The Morgan fingerprint density at radius 3 is 0.709 bits per heavy atom. The summed E-state index contributed by atoms with van der Waals surface area (Å²) in [4.78, 5) is 78.4. The molecular weight excluding hydrogens is 1710 g/mol. The van der Waals surface area contributed by atoms with Crippen LogP contribution in [0.3, 0.4) is 0 Å². The van der Waals surface area contributed by atoms with Crippen molar-refractivity contribution in [2.24, 2.45) is 10.8 Å². The third-order valence-corrected chi connectivity index (χ3v) is 19.1. The molecule has 26 heteroatoms. The van der Waals surface area contributed by atoms with Crippen LogP contribution in [0.2, 0.25) is 0 Å². The van der Waals surface area contributed by atoms with Gasteiger partial charge in [0.25, 0.3) is 0 Å². The van der Waals surface area contributed by atoms with Crippen LogP contribution in [0, 0.1) is 31.6 Å². The van der Waals surface area contributed by atoms with Crippen molar-refractivity contribution >= 4 is 34.7 Å². The number of aryl methyl sites for hydroxylation is 3. The second kappa shape index (κ2) is 50.3. The lowest BCUT2D eigenvalue weighted by Gasteiger charge is -2.19. The first-order valence-electron chi connectivity index (χ1n) is 43.7. The number of nitrogens with zero attached hydrogens (tertiary/aromatic N) is 1. The Balaban J connectivity index is 0.000000221. The number of benzene rings is 11. The zero-order valence-corrected chi connectivity index (χ0v) is 78.7. The number of carbonyl (C=O) groups excluding carboxylic acids is 6. The van der Waals surface area contributed by atoms with E-state index in [1.54, 1.807) is 109 Å². The van der Waals surface area contributed by atoms with E-state index in [0.717, 1.165) is 42.4 Å². The molecule has 0 radical (unpaired) electrons. The summed E-state index contributed by atoms with van der Waals surface area (Å²) in [5.41, 5.74) is 4.60. The van der Waals surface area contributed by atoms with Crippen LogP contribution in [-0.4, -0.2) is 148 Å². The van der Waals surface area contributed by atoms with Crippen LogP contribution in [0.25, 0.3) is 0 Å². The lowest BCUT2D eigenvalue weighted by molar-refractivity contribution is 0.102. The van der Waals surface area contributed by atoms with E-state index in [0.29, 0.717) is 96.8 Å². The zero-order chi connectivity index (χ0) is 98.8. The number of hydrogen-bond donors (Lipinski definition) is 11. The van der Waals surface area contributed by atoms with Gasteiger partial charge in [0.05, 0.1) is 113 Å². The lowest BCUT2D eigenvalue weighted by Crippen LogP contribution is -2.17. The van der Waals surface area contributed by atoms with E-state index in [1.807, 2.05) is 104 Å². The van der Waals surface area contributed by atoms with Gasteiger partial charge in [-0.15, -0.1) is 0 Å². The van der Waals surface area contributed by atoms with Crippen molar-refractivity contribution in [3.63, 3.8) is 0 Å². The molecule has 0 aliphatic rings. The first-order chi connectivity index (χ1) is 63.4. The van der Waals surface area contributed by atoms with Crippen LogP contribution < -0.4 is 37.9 Å². The summed E-state index contributed by atoms with van der Waals surface area (Å²) in [6.07, 6.45) is 6.88. The molecule has 12 rings (SSSR count). The fourth-order valence-corrected chi connectivity index (χ4v) is 12.3. The molecule has 0 fully saturated rings. The van der Waals surface area contributed by atoms with Gasteiger partial charge in [-0.05, 0) is 248 Å². The highest BCUT2D eigenvalue weighted by Crippen LogP contribution is 2.38. The summed E-state index contributed by atoms with van der Waals surface area (Å²) < 4.78 is 43.8. The van der Waals surface area contributed by atoms with Gasteiger partial charge in [-0.3, -0.25) is 33.8 Å². The Hall–Kier alpha value is -15.2. The minimum atomic E-state index is -0.475. The highest BCUT2D eigenvalue weighted by atomic mass is 16.5. The number of ether oxygens (including phenoxy) is 8. The van der Waals surface area contributed by atoms with Crippen molar-refractivity contribution < 1.29 is 123 Å². The first-order valence-corrected chi connectivity index (χ1v) is 43.7. The number of ketones is 6. The smallest absolute Gasteiger partial charge is 0.200 e. The monoisotopic (exact) mass is 1830 g/mol. The molecular formula is C108H121NO25. The Morgan fingerprint density at radius 1 is 0.284 bits per heavy atom. The van der Waals surface area contributed by atoms with E-state index in [9.17, 15) is 84.9 Å². The Labute approximate surface area is 781 Å². The normalized spacial score (nSPS) is 10.8. The summed E-state index contributed by atoms with van der Waals surface area (Å²) in [7, 11) is 0. The summed E-state index contributed by atoms with van der Waals surface area (Å²) >= 11 is 0. The van der Waals surface area contributed by atoms with E-state index >= 15 is 0 Å². The van der Waals surface area contributed by atoms with Gasteiger partial charge < -0.3 is 94.1 Å². The first kappa shape index (κ1) is 106. The summed E-state index contributed by atoms with van der Waals surface area (Å²) in [5, 5.41) is 110. The van der Waals surface area contributed by atoms with Gasteiger partial charge in [0.2, 0.25) is 0 Å². The maximum Gasteiger partial charge on any atom is 0.200 e. The Kier molecular flexibility index (Phi) is 39.7. The Morgan fingerprint density at radius 2 is 0.500 bits per heavy atom. The number of unbranched alkanes of at least 4 members (excludes halogenated alkanes) is 2. The number of hydrogen-bond acceptors (Lipinski definition) is 26. The van der Waals surface area contributed by atoms with E-state index in [-0.39, 0.29) is 153 Å². The van der Waals surface area contributed by atoms with Crippen LogP contribution in [0.4, 0.5) is 0 Å². The highest BCUT2D eigenvalue weighted by molar-refractivity contribution is 6.15. The van der Waals surface area contributed by atoms with Crippen molar-refractivity contribution in [2.75, 3.05) is 39.6 Å². The maximum absolute atomic E-state index is 12.7. The van der Waals surface area contributed by atoms with Crippen LogP contribution in [0.15, 0.2) is 225 Å². The van der Waals surface area contributed by atoms with Crippen molar-refractivity contribution in [1.82, 2.24) is 4.98 Å². The number of pyridine rings is 1. The largest absolute Gasteiger partial charge is 0.507 e. The highest BCUT2D eigenvalue weighted by Gasteiger charge is 2.26. The van der Waals surface area contributed by atoms with Gasteiger partial charge in [-0.1, -0.05) is 86.4 Å². The molecule has 0 aliphatic carbocycles. The predicted octanol–water partition coefficient (Wildman–Crippen LogP) is 22.2. The number of aromatic nitrogens is 1. The van der Waals surface area contributed by atoms with E-state index < -0.39 is 23.1 Å². The third kappa shape index (κ3) is 32.4. The van der Waals surface area contributed by atoms with Gasteiger partial charge in [0.1, 0.15) is 109 Å². The molecule has 1 heterocycles. The molecule has 708 valence electrons. The molecule has 0 unspecified atom stereocenters. The molecule has 0 saturated carbocycles. The minimum Gasteiger partial charge on any atom is -0.507 e. The molecule has 0 bridgehead atoms. The van der Waals surface area contributed by atoms with Gasteiger partial charge in [0.15, 0.2) is 34.7 Å². The number of aromatic hydroxyl groups is 11. The number of rotatable bonds is 32. The molecule has 11 N–H and O–H groups in total. The van der Waals surface area contributed by atoms with Crippen LogP contribution in [-0.2, 0) is 0 Å². The van der Waals surface area contributed by atoms with Crippen LogP contribution in [0.5, 0.6) is 109 Å². The van der Waals surface area contributed by atoms with Crippen LogP contribution in [0.1, 0.15) is 235 Å². The van der Waals surface area contributed by atoms with Gasteiger partial charge >= 0.3 is 0 Å². The average Bonchev–Trinajstić information content (AvgIpc) is 0.825. The predicted molar refractivity (Wildman–Crippen MR) is 513 cm³/mol. The molecule has 0 aliphatic heterocycles. The lowest BCUT2D eigenvalue weighted by atomic mass is 9.98. The minimum absolute atomic E-state index is 0.00820. The zero-order valence-electron chi connectivity index (χ0n) is 78.7. The summed E-state index contributed by atoms with van der Waals surface area (Å²) in [5.74, 6) is -0.207. The van der Waals surface area contributed by atoms with Gasteiger partial charge in [0, 0.05) is 66.5 Å². The second-order valence-corrected chi connectivity index (χ2v) is 34.0. The molecule has 11 aromatic carbocycles. The molecule has 0 saturated heterocycles. The van der Waals surface area contributed by atoms with E-state index in [4.69, 9.17) is 37.9 Å². The van der Waals surface area contributed by atoms with Gasteiger partial charge in [-0.25, -0.2) is 0 Å². The molecule has 1 aromatic heterocycles. The standard InChI is InChI=1S/C23H30O5.C21H26O5.C19H22O5.C17H18O5.C15H14O3.C13H11NO2/c1-22(2,3)13-27-15-7-9-17(19(24)11-15)21(26)18-10-8-16(12-20(18)25)28-14-23(4,5)6;1-3-5-11-25-15-7-9-17(19(22)13-15)21(24)18-10-8-16(14-20(18)23)26-12-6-4-2;1-11(2)23-13-5-7-15(17(20)9-13)19(22)16-8-6-14(10-18(16)21)24-12(3)4;1-3-21-11-5-7-13(15(18)9-11)17(20)14-8-6-12(22-4-2)10-16(14)19;1-9-3-5-11(13(16)7-9)15(18)12-6-4-10(2)8-14(12)17;1-9-4-5-11(12(15)7-9)13(16)10-3-2-6-14-8-10/h7-12,24-25H,13-14H2,1-6H3;7-10,13-14,22-23H,3-6,11-12H2,1-2H3;5-12,20-21H,1-4H3;5-10,18-19H,3-4H2,1-2H3;3-8,16-17H,1-2H3;2-8,15H,1H3. The van der Waals surface area contributed by atoms with Crippen molar-refractivity contribution in [2.45, 2.75) is 156 Å². The molecule has 0 amide bonds. The number of phenols is 11. The second-order valence-electron chi connectivity index (χ2n) is 34.0. The van der Waals surface area contributed by atoms with Crippen molar-refractivity contribution in [3.05, 3.63) is 308 Å². The molecule has 134 heavy (non-hydrogen) atoms. The molecule has 26 nitrogen and oxygen atoms in total. The van der Waals surface area contributed by atoms with Gasteiger partial charge in [-0.2, -0.15) is 0 Å². The van der Waals surface area contributed by atoms with E-state index in [1.165, 1.54) is 115 Å². The van der Waals surface area contributed by atoms with Crippen molar-refractivity contribution in [3.8, 4) is 109 Å². The average molecular weight is 1830 g/mol. The maximum atomic E-state index is 12.7. The van der Waals surface area contributed by atoms with Crippen molar-refractivity contribution in [1.29, 1.82) is 0 Å². The number of carbonyl (C=O) groups is 6. The molecule has 0 atom stereocenters.